The van der Waals surface area contributed by atoms with E-state index in [2.05, 4.69) is 27.0 Å². The molecule has 0 radical (unpaired) electrons. The van der Waals surface area contributed by atoms with Crippen molar-refractivity contribution in [2.75, 3.05) is 7.11 Å². The van der Waals surface area contributed by atoms with Gasteiger partial charge in [0.25, 0.3) is 0 Å². The summed E-state index contributed by atoms with van der Waals surface area (Å²) in [4.78, 5) is 15.3. The van der Waals surface area contributed by atoms with Crippen LogP contribution in [0.3, 0.4) is 0 Å². The summed E-state index contributed by atoms with van der Waals surface area (Å²) in [5, 5.41) is 3.93. The molecule has 92 valence electrons. The lowest BCUT2D eigenvalue weighted by atomic mass is 9.77. The summed E-state index contributed by atoms with van der Waals surface area (Å²) in [5.74, 6) is 0.768. The van der Waals surface area contributed by atoms with Gasteiger partial charge in [-0.05, 0) is 17.5 Å². The average Bonchev–Trinajstić information content (AvgIpc) is 2.79. The third kappa shape index (κ3) is 1.77. The number of fused-ring (bicyclic) bond motifs is 1. The van der Waals surface area contributed by atoms with Gasteiger partial charge >= 0.3 is 5.97 Å². The van der Waals surface area contributed by atoms with Crippen LogP contribution in [0.5, 0.6) is 0 Å². The second-order valence-corrected chi connectivity index (χ2v) is 4.25. The van der Waals surface area contributed by atoms with Crippen molar-refractivity contribution < 1.29 is 14.1 Å². The van der Waals surface area contributed by atoms with E-state index in [0.29, 0.717) is 11.7 Å². The molecule has 0 aliphatic heterocycles. The number of ether oxygens (including phenoxy) is 1. The molecule has 5 heteroatoms. The lowest BCUT2D eigenvalue weighted by molar-refractivity contribution is -0.140. The molecule has 1 aliphatic carbocycles. The first-order valence-corrected chi connectivity index (χ1v) is 5.75. The van der Waals surface area contributed by atoms with E-state index < -0.39 is 0 Å². The SMILES string of the molecule is COC(=O)Cc1nc(C2Cc3ccccc32)no1. The second kappa shape index (κ2) is 4.25. The van der Waals surface area contributed by atoms with Crippen LogP contribution in [-0.2, 0) is 22.4 Å². The molecular formula is C13H12N2O3. The monoisotopic (exact) mass is 244 g/mol. The number of aromatic nitrogens is 2. The van der Waals surface area contributed by atoms with E-state index in [4.69, 9.17) is 4.52 Å². The van der Waals surface area contributed by atoms with Crippen molar-refractivity contribution in [2.45, 2.75) is 18.8 Å². The van der Waals surface area contributed by atoms with E-state index in [9.17, 15) is 4.79 Å². The van der Waals surface area contributed by atoms with Gasteiger partial charge in [-0.1, -0.05) is 29.4 Å². The third-order valence-corrected chi connectivity index (χ3v) is 3.17. The Morgan fingerprint density at radius 3 is 3.11 bits per heavy atom. The summed E-state index contributed by atoms with van der Waals surface area (Å²) in [5.41, 5.74) is 2.56. The first kappa shape index (κ1) is 11.0. The van der Waals surface area contributed by atoms with E-state index in [0.717, 1.165) is 6.42 Å². The topological polar surface area (TPSA) is 65.2 Å². The molecule has 1 aliphatic rings. The summed E-state index contributed by atoms with van der Waals surface area (Å²) in [6, 6.07) is 8.19. The molecule has 1 unspecified atom stereocenters. The third-order valence-electron chi connectivity index (χ3n) is 3.17. The maximum absolute atomic E-state index is 11.1. The fraction of sp³-hybridized carbons (Fsp3) is 0.308. The van der Waals surface area contributed by atoms with Gasteiger partial charge in [0.2, 0.25) is 5.89 Å². The number of methoxy groups -OCH3 is 1. The molecule has 0 saturated carbocycles. The second-order valence-electron chi connectivity index (χ2n) is 4.25. The average molecular weight is 244 g/mol. The Hall–Kier alpha value is -2.17. The van der Waals surface area contributed by atoms with Crippen LogP contribution in [0.1, 0.15) is 28.8 Å². The molecule has 1 atom stereocenters. The molecule has 3 rings (SSSR count). The van der Waals surface area contributed by atoms with Crippen LogP contribution in [0.25, 0.3) is 0 Å². The molecule has 1 aromatic heterocycles. The van der Waals surface area contributed by atoms with Gasteiger partial charge in [-0.2, -0.15) is 4.98 Å². The van der Waals surface area contributed by atoms with Crippen LogP contribution in [-0.4, -0.2) is 23.2 Å². The number of benzene rings is 1. The minimum atomic E-state index is -0.376. The molecule has 1 aromatic carbocycles. The predicted molar refractivity (Wildman–Crippen MR) is 62.0 cm³/mol. The summed E-state index contributed by atoms with van der Waals surface area (Å²) >= 11 is 0. The fourth-order valence-corrected chi connectivity index (χ4v) is 2.17. The van der Waals surface area contributed by atoms with E-state index in [1.807, 2.05) is 12.1 Å². The van der Waals surface area contributed by atoms with Gasteiger partial charge < -0.3 is 9.26 Å². The fourth-order valence-electron chi connectivity index (χ4n) is 2.17. The largest absolute Gasteiger partial charge is 0.469 e. The molecule has 0 spiro atoms. The van der Waals surface area contributed by atoms with E-state index in [-0.39, 0.29) is 18.3 Å². The van der Waals surface area contributed by atoms with E-state index in [1.54, 1.807) is 0 Å². The Balaban J connectivity index is 1.78. The Morgan fingerprint density at radius 1 is 1.50 bits per heavy atom. The van der Waals surface area contributed by atoms with Crippen molar-refractivity contribution in [3.63, 3.8) is 0 Å². The molecule has 0 bridgehead atoms. The van der Waals surface area contributed by atoms with Crippen molar-refractivity contribution >= 4 is 5.97 Å². The molecular weight excluding hydrogens is 232 g/mol. The Bertz CT molecular complexity index is 591. The standard InChI is InChI=1S/C13H12N2O3/c1-17-12(16)7-11-14-13(15-18-11)10-6-8-4-2-3-5-9(8)10/h2-5,10H,6-7H2,1H3. The number of rotatable bonds is 3. The molecule has 0 amide bonds. The number of nitrogens with zero attached hydrogens (tertiary/aromatic N) is 2. The van der Waals surface area contributed by atoms with Crippen LogP contribution in [0.4, 0.5) is 0 Å². The maximum atomic E-state index is 11.1. The molecule has 18 heavy (non-hydrogen) atoms. The van der Waals surface area contributed by atoms with Crippen LogP contribution < -0.4 is 0 Å². The van der Waals surface area contributed by atoms with Gasteiger partial charge in [-0.15, -0.1) is 0 Å². The van der Waals surface area contributed by atoms with Gasteiger partial charge in [0.15, 0.2) is 5.82 Å². The molecule has 0 saturated heterocycles. The lowest BCUT2D eigenvalue weighted by Crippen LogP contribution is -2.19. The minimum absolute atomic E-state index is 0.0257. The quantitative estimate of drug-likeness (QED) is 0.765. The number of hydrogen-bond donors (Lipinski definition) is 0. The van der Waals surface area contributed by atoms with Gasteiger partial charge in [-0.25, -0.2) is 0 Å². The van der Waals surface area contributed by atoms with E-state index >= 15 is 0 Å². The van der Waals surface area contributed by atoms with Gasteiger partial charge in [0.05, 0.1) is 13.0 Å². The Morgan fingerprint density at radius 2 is 2.33 bits per heavy atom. The number of esters is 1. The highest BCUT2D eigenvalue weighted by atomic mass is 16.5. The van der Waals surface area contributed by atoms with Crippen molar-refractivity contribution in [3.8, 4) is 0 Å². The van der Waals surface area contributed by atoms with Crippen molar-refractivity contribution in [1.82, 2.24) is 10.1 Å². The molecule has 0 N–H and O–H groups in total. The highest BCUT2D eigenvalue weighted by Gasteiger charge is 2.31. The summed E-state index contributed by atoms with van der Waals surface area (Å²) in [7, 11) is 1.34. The highest BCUT2D eigenvalue weighted by molar-refractivity contribution is 5.71. The van der Waals surface area contributed by atoms with Gasteiger partial charge in [0, 0.05) is 0 Å². The van der Waals surface area contributed by atoms with Crippen LogP contribution in [0, 0.1) is 0 Å². The smallest absolute Gasteiger partial charge is 0.315 e. The lowest BCUT2D eigenvalue weighted by Gasteiger charge is -2.27. The van der Waals surface area contributed by atoms with Crippen LogP contribution in [0.15, 0.2) is 28.8 Å². The summed E-state index contributed by atoms with van der Waals surface area (Å²) in [6.45, 7) is 0. The molecule has 0 fully saturated rings. The zero-order chi connectivity index (χ0) is 12.5. The number of carbonyl (C=O) groups excluding carboxylic acids is 1. The molecule has 1 heterocycles. The maximum Gasteiger partial charge on any atom is 0.315 e. The van der Waals surface area contributed by atoms with Crippen LogP contribution >= 0.6 is 0 Å². The Labute approximate surface area is 104 Å². The minimum Gasteiger partial charge on any atom is -0.469 e. The van der Waals surface area contributed by atoms with Crippen molar-refractivity contribution in [2.24, 2.45) is 0 Å². The van der Waals surface area contributed by atoms with E-state index in [1.165, 1.54) is 18.2 Å². The molecule has 2 aromatic rings. The summed E-state index contributed by atoms with van der Waals surface area (Å²) in [6.07, 6.45) is 0.950. The molecule has 5 nitrogen and oxygen atoms in total. The normalized spacial score (nSPS) is 16.8. The van der Waals surface area contributed by atoms with Gasteiger partial charge in [-0.3, -0.25) is 4.79 Å². The van der Waals surface area contributed by atoms with Gasteiger partial charge in [0.1, 0.15) is 6.42 Å². The predicted octanol–water partition coefficient (Wildman–Crippen LogP) is 1.47. The van der Waals surface area contributed by atoms with Crippen molar-refractivity contribution in [3.05, 3.63) is 47.1 Å². The Kier molecular flexibility index (Phi) is 2.59. The van der Waals surface area contributed by atoms with Crippen molar-refractivity contribution in [1.29, 1.82) is 0 Å². The first-order valence-electron chi connectivity index (χ1n) is 5.75. The number of hydrogen-bond acceptors (Lipinski definition) is 5. The zero-order valence-corrected chi connectivity index (χ0v) is 9.92. The van der Waals surface area contributed by atoms with Crippen LogP contribution in [0.2, 0.25) is 0 Å². The summed E-state index contributed by atoms with van der Waals surface area (Å²) < 4.78 is 9.60. The zero-order valence-electron chi connectivity index (χ0n) is 9.92. The first-order chi connectivity index (χ1) is 8.78. The highest BCUT2D eigenvalue weighted by Crippen LogP contribution is 2.38. The number of carbonyl (C=O) groups is 1.